The average molecular weight is 362 g/mol. The van der Waals surface area contributed by atoms with Crippen molar-refractivity contribution < 1.29 is 4.79 Å². The molecule has 2 aromatic rings. The van der Waals surface area contributed by atoms with Crippen LogP contribution in [0.15, 0.2) is 36.7 Å². The Balaban J connectivity index is 1.50. The van der Waals surface area contributed by atoms with Crippen LogP contribution in [0.2, 0.25) is 5.02 Å². The number of nitrogens with zero attached hydrogens (tertiary/aromatic N) is 3. The molecule has 7 heteroatoms. The Kier molecular flexibility index (Phi) is 6.07. The summed E-state index contributed by atoms with van der Waals surface area (Å²) in [5.41, 5.74) is 1.16. The van der Waals surface area contributed by atoms with Crippen molar-refractivity contribution in [2.75, 3.05) is 32.7 Å². The lowest BCUT2D eigenvalue weighted by Gasteiger charge is -2.35. The summed E-state index contributed by atoms with van der Waals surface area (Å²) in [5, 5.41) is 7.13. The van der Waals surface area contributed by atoms with Crippen molar-refractivity contribution in [2.45, 2.75) is 12.5 Å². The predicted molar refractivity (Wildman–Crippen MR) is 98.6 cm³/mol. The molecule has 1 atom stereocenters. The van der Waals surface area contributed by atoms with Crippen molar-refractivity contribution >= 4 is 17.5 Å². The van der Waals surface area contributed by atoms with E-state index in [1.807, 2.05) is 42.1 Å². The molecular formula is C18H24ClN5O. The summed E-state index contributed by atoms with van der Waals surface area (Å²) < 4.78 is 2.02. The first kappa shape index (κ1) is 17.9. The van der Waals surface area contributed by atoms with E-state index in [1.165, 1.54) is 0 Å². The number of imidazole rings is 1. The number of amides is 1. The molecule has 1 aromatic heterocycles. The van der Waals surface area contributed by atoms with Gasteiger partial charge in [0.05, 0.1) is 12.6 Å². The molecule has 2 heterocycles. The summed E-state index contributed by atoms with van der Waals surface area (Å²) in [6.45, 7) is 3.55. The maximum Gasteiger partial charge on any atom is 0.234 e. The van der Waals surface area contributed by atoms with Crippen molar-refractivity contribution in [1.82, 2.24) is 25.1 Å². The van der Waals surface area contributed by atoms with E-state index in [1.54, 1.807) is 6.20 Å². The van der Waals surface area contributed by atoms with Gasteiger partial charge in [0, 0.05) is 50.6 Å². The lowest BCUT2D eigenvalue weighted by atomic mass is 10.1. The fraction of sp³-hybridized carbons (Fsp3) is 0.444. The van der Waals surface area contributed by atoms with E-state index in [9.17, 15) is 4.79 Å². The number of piperazine rings is 1. The van der Waals surface area contributed by atoms with Crippen LogP contribution < -0.4 is 10.6 Å². The minimum absolute atomic E-state index is 0.0510. The average Bonchev–Trinajstić information content (AvgIpc) is 3.03. The van der Waals surface area contributed by atoms with Crippen LogP contribution in [0.25, 0.3) is 0 Å². The van der Waals surface area contributed by atoms with Gasteiger partial charge in [0.15, 0.2) is 0 Å². The number of benzene rings is 1. The SMILES string of the molecule is Cn1ccnc1C1CNCCN1CC(=O)NCCc1ccc(Cl)cc1. The molecule has 1 amide bonds. The largest absolute Gasteiger partial charge is 0.355 e. The molecule has 2 N–H and O–H groups in total. The summed E-state index contributed by atoms with van der Waals surface area (Å²) in [5.74, 6) is 1.04. The van der Waals surface area contributed by atoms with E-state index in [0.717, 1.165) is 42.5 Å². The van der Waals surface area contributed by atoms with Gasteiger partial charge in [-0.2, -0.15) is 0 Å². The fourth-order valence-corrected chi connectivity index (χ4v) is 3.25. The van der Waals surface area contributed by atoms with Crippen molar-refractivity contribution in [2.24, 2.45) is 7.05 Å². The van der Waals surface area contributed by atoms with Crippen molar-refractivity contribution in [3.63, 3.8) is 0 Å². The molecule has 3 rings (SSSR count). The van der Waals surface area contributed by atoms with Crippen LogP contribution in [0.3, 0.4) is 0 Å². The summed E-state index contributed by atoms with van der Waals surface area (Å²) in [7, 11) is 1.99. The number of hydrogen-bond acceptors (Lipinski definition) is 4. The van der Waals surface area contributed by atoms with Gasteiger partial charge >= 0.3 is 0 Å². The van der Waals surface area contributed by atoms with Crippen LogP contribution in [0.5, 0.6) is 0 Å². The Bertz CT molecular complexity index is 700. The number of carbonyl (C=O) groups is 1. The standard InChI is InChI=1S/C18H24ClN5O/c1-23-10-9-22-18(23)16-12-20-8-11-24(16)13-17(25)21-7-6-14-2-4-15(19)5-3-14/h2-5,9-10,16,20H,6-8,11-13H2,1H3,(H,21,25). The summed E-state index contributed by atoms with van der Waals surface area (Å²) in [6, 6.07) is 7.84. The van der Waals surface area contributed by atoms with E-state index in [-0.39, 0.29) is 11.9 Å². The van der Waals surface area contributed by atoms with E-state index < -0.39 is 0 Å². The summed E-state index contributed by atoms with van der Waals surface area (Å²) >= 11 is 5.88. The summed E-state index contributed by atoms with van der Waals surface area (Å²) in [6.07, 6.45) is 4.54. The molecule has 6 nitrogen and oxygen atoms in total. The zero-order valence-corrected chi connectivity index (χ0v) is 15.2. The van der Waals surface area contributed by atoms with Gasteiger partial charge in [-0.25, -0.2) is 4.98 Å². The van der Waals surface area contributed by atoms with Crippen LogP contribution in [-0.2, 0) is 18.3 Å². The Morgan fingerprint density at radius 3 is 2.92 bits per heavy atom. The van der Waals surface area contributed by atoms with E-state index in [4.69, 9.17) is 11.6 Å². The van der Waals surface area contributed by atoms with Gasteiger partial charge in [-0.05, 0) is 24.1 Å². The zero-order valence-electron chi connectivity index (χ0n) is 14.4. The first-order chi connectivity index (χ1) is 12.1. The van der Waals surface area contributed by atoms with Crippen molar-refractivity contribution in [3.8, 4) is 0 Å². The lowest BCUT2D eigenvalue weighted by Crippen LogP contribution is -2.50. The Hall–Kier alpha value is -1.89. The predicted octanol–water partition coefficient (Wildman–Crippen LogP) is 1.38. The number of aromatic nitrogens is 2. The normalized spacial score (nSPS) is 18.2. The molecule has 1 aliphatic heterocycles. The number of aryl methyl sites for hydroxylation is 1. The van der Waals surface area contributed by atoms with E-state index >= 15 is 0 Å². The minimum atomic E-state index is 0.0510. The topological polar surface area (TPSA) is 62.2 Å². The molecule has 1 aliphatic rings. The molecule has 0 radical (unpaired) electrons. The number of hydrogen-bond donors (Lipinski definition) is 2. The lowest BCUT2D eigenvalue weighted by molar-refractivity contribution is -0.123. The van der Waals surface area contributed by atoms with Crippen molar-refractivity contribution in [3.05, 3.63) is 53.1 Å². The Morgan fingerprint density at radius 2 is 2.20 bits per heavy atom. The van der Waals surface area contributed by atoms with Gasteiger partial charge < -0.3 is 15.2 Å². The van der Waals surface area contributed by atoms with E-state index in [2.05, 4.69) is 20.5 Å². The Morgan fingerprint density at radius 1 is 1.40 bits per heavy atom. The molecule has 0 bridgehead atoms. The first-order valence-corrected chi connectivity index (χ1v) is 8.94. The molecule has 0 aliphatic carbocycles. The molecule has 1 unspecified atom stereocenters. The quantitative estimate of drug-likeness (QED) is 0.816. The molecular weight excluding hydrogens is 338 g/mol. The van der Waals surface area contributed by atoms with E-state index in [0.29, 0.717) is 13.1 Å². The smallest absolute Gasteiger partial charge is 0.234 e. The van der Waals surface area contributed by atoms with Crippen LogP contribution in [0, 0.1) is 0 Å². The highest BCUT2D eigenvalue weighted by atomic mass is 35.5. The van der Waals surface area contributed by atoms with Crippen LogP contribution in [0.1, 0.15) is 17.4 Å². The second-order valence-corrected chi connectivity index (χ2v) is 6.75. The molecule has 25 heavy (non-hydrogen) atoms. The third-order valence-corrected chi connectivity index (χ3v) is 4.76. The van der Waals surface area contributed by atoms with Crippen molar-refractivity contribution in [1.29, 1.82) is 0 Å². The maximum atomic E-state index is 12.3. The number of halogens is 1. The van der Waals surface area contributed by atoms with Crippen LogP contribution >= 0.6 is 11.6 Å². The third kappa shape index (κ3) is 4.81. The first-order valence-electron chi connectivity index (χ1n) is 8.56. The van der Waals surface area contributed by atoms with Gasteiger partial charge in [-0.15, -0.1) is 0 Å². The minimum Gasteiger partial charge on any atom is -0.355 e. The molecule has 0 saturated carbocycles. The third-order valence-electron chi connectivity index (χ3n) is 4.51. The van der Waals surface area contributed by atoms with Gasteiger partial charge in [0.1, 0.15) is 5.82 Å². The van der Waals surface area contributed by atoms with Gasteiger partial charge in [0.25, 0.3) is 0 Å². The number of carbonyl (C=O) groups excluding carboxylic acids is 1. The number of nitrogens with one attached hydrogen (secondary N) is 2. The summed E-state index contributed by atoms with van der Waals surface area (Å²) in [4.78, 5) is 19.0. The molecule has 1 saturated heterocycles. The highest BCUT2D eigenvalue weighted by molar-refractivity contribution is 6.30. The molecule has 1 fully saturated rings. The molecule has 1 aromatic carbocycles. The van der Waals surface area contributed by atoms with Gasteiger partial charge in [-0.1, -0.05) is 23.7 Å². The monoisotopic (exact) mass is 361 g/mol. The number of rotatable bonds is 6. The van der Waals surface area contributed by atoms with Gasteiger partial charge in [-0.3, -0.25) is 9.69 Å². The Labute approximate surface area is 153 Å². The van der Waals surface area contributed by atoms with Gasteiger partial charge in [0.2, 0.25) is 5.91 Å². The molecule has 134 valence electrons. The highest BCUT2D eigenvalue weighted by Crippen LogP contribution is 2.19. The molecule has 0 spiro atoms. The van der Waals surface area contributed by atoms with Crippen LogP contribution in [0.4, 0.5) is 0 Å². The zero-order chi connectivity index (χ0) is 17.6. The van der Waals surface area contributed by atoms with Crippen LogP contribution in [-0.4, -0.2) is 53.1 Å². The maximum absolute atomic E-state index is 12.3. The second-order valence-electron chi connectivity index (χ2n) is 6.31. The fourth-order valence-electron chi connectivity index (χ4n) is 3.13. The highest BCUT2D eigenvalue weighted by Gasteiger charge is 2.27. The second kappa shape index (κ2) is 8.47.